The number of nitrogens with zero attached hydrogens (tertiary/aromatic N) is 1. The van der Waals surface area contributed by atoms with E-state index in [0.717, 1.165) is 23.9 Å². The van der Waals surface area contributed by atoms with Crippen molar-refractivity contribution in [2.24, 2.45) is 0 Å². The molecule has 0 saturated carbocycles. The molecule has 0 aromatic heterocycles. The van der Waals surface area contributed by atoms with Crippen LogP contribution < -0.4 is 17.0 Å². The first kappa shape index (κ1) is 23.0. The maximum Gasteiger partial charge on any atom is 0.338 e. The van der Waals surface area contributed by atoms with Gasteiger partial charge in [-0.25, -0.2) is 4.79 Å². The Kier molecular flexibility index (Phi) is 6.78. The summed E-state index contributed by atoms with van der Waals surface area (Å²) < 4.78 is 7.00. The number of hydrogen-bond donors (Lipinski definition) is 0. The van der Waals surface area contributed by atoms with E-state index in [2.05, 4.69) is 52.1 Å². The lowest BCUT2D eigenvalue weighted by Crippen LogP contribution is -3.00. The second kappa shape index (κ2) is 8.84. The van der Waals surface area contributed by atoms with Crippen LogP contribution in [0.3, 0.4) is 0 Å². The summed E-state index contributed by atoms with van der Waals surface area (Å²) in [6, 6.07) is 19.7. The van der Waals surface area contributed by atoms with Crippen molar-refractivity contribution in [2.75, 3.05) is 7.05 Å². The summed E-state index contributed by atoms with van der Waals surface area (Å²) in [5.41, 5.74) is 3.65. The monoisotopic (exact) mass is 471 g/mol. The van der Waals surface area contributed by atoms with Crippen LogP contribution in [0.2, 0.25) is 0 Å². The van der Waals surface area contributed by atoms with Crippen molar-refractivity contribution < 1.29 is 31.0 Å². The van der Waals surface area contributed by atoms with Gasteiger partial charge in [-0.2, -0.15) is 0 Å². The standard InChI is InChI=1S/C26H34NO2.BrH/c1-26(2,3)21-12-10-19(11-13-21)18-27(4)22-14-15-23(27)17-24(16-22)29-25(28)20-8-6-5-7-9-20;/h5-13,22-24H,14-18H2,1-4H3;1H/q+1;/p-1/t22-,23+,24?,27?;. The minimum atomic E-state index is -0.177. The number of ether oxygens (including phenoxy) is 1. The largest absolute Gasteiger partial charge is 1.00 e. The molecule has 3 nitrogen and oxygen atoms in total. The number of quaternary nitrogens is 1. The van der Waals surface area contributed by atoms with Crippen molar-refractivity contribution in [3.05, 3.63) is 71.3 Å². The van der Waals surface area contributed by atoms with Gasteiger partial charge in [0.1, 0.15) is 12.6 Å². The van der Waals surface area contributed by atoms with Crippen molar-refractivity contribution in [1.82, 2.24) is 0 Å². The zero-order valence-corrected chi connectivity index (χ0v) is 20.2. The molecule has 0 N–H and O–H groups in total. The first-order valence-corrected chi connectivity index (χ1v) is 11.0. The smallest absolute Gasteiger partial charge is 0.338 e. The average Bonchev–Trinajstić information content (AvgIpc) is 2.85. The fraction of sp³-hybridized carbons (Fsp3) is 0.500. The molecule has 2 unspecified atom stereocenters. The molecule has 0 spiro atoms. The molecule has 2 aliphatic rings. The van der Waals surface area contributed by atoms with Crippen molar-refractivity contribution in [3.8, 4) is 0 Å². The summed E-state index contributed by atoms with van der Waals surface area (Å²) in [7, 11) is 2.41. The summed E-state index contributed by atoms with van der Waals surface area (Å²) in [6.45, 7) is 7.85. The number of halogens is 1. The maximum absolute atomic E-state index is 12.5. The fourth-order valence-corrected chi connectivity index (χ4v) is 5.34. The van der Waals surface area contributed by atoms with E-state index in [-0.39, 0.29) is 34.5 Å². The van der Waals surface area contributed by atoms with Crippen molar-refractivity contribution in [3.63, 3.8) is 0 Å². The van der Waals surface area contributed by atoms with Crippen molar-refractivity contribution >= 4 is 5.97 Å². The van der Waals surface area contributed by atoms with E-state index in [1.807, 2.05) is 30.3 Å². The van der Waals surface area contributed by atoms with Crippen LogP contribution in [0.15, 0.2) is 54.6 Å². The van der Waals surface area contributed by atoms with Gasteiger partial charge >= 0.3 is 5.97 Å². The minimum Gasteiger partial charge on any atom is -1.00 e. The molecule has 2 saturated heterocycles. The molecular formula is C26H34BrNO2. The molecule has 4 heteroatoms. The van der Waals surface area contributed by atoms with Gasteiger partial charge in [0.2, 0.25) is 0 Å². The summed E-state index contributed by atoms with van der Waals surface area (Å²) in [5, 5.41) is 0. The van der Waals surface area contributed by atoms with Gasteiger partial charge in [-0.05, 0) is 23.1 Å². The Morgan fingerprint density at radius 3 is 2.07 bits per heavy atom. The van der Waals surface area contributed by atoms with Crippen LogP contribution in [0, 0.1) is 0 Å². The van der Waals surface area contributed by atoms with Crippen LogP contribution in [-0.4, -0.2) is 35.7 Å². The number of benzene rings is 2. The average molecular weight is 472 g/mol. The first-order valence-electron chi connectivity index (χ1n) is 11.0. The molecule has 0 aliphatic carbocycles. The molecule has 162 valence electrons. The second-order valence-electron chi connectivity index (χ2n) is 10.2. The van der Waals surface area contributed by atoms with Crippen LogP contribution >= 0.6 is 0 Å². The molecular weight excluding hydrogens is 438 g/mol. The summed E-state index contributed by atoms with van der Waals surface area (Å²) in [4.78, 5) is 12.5. The third kappa shape index (κ3) is 4.65. The third-order valence-corrected chi connectivity index (χ3v) is 7.20. The van der Waals surface area contributed by atoms with Gasteiger partial charge in [0.15, 0.2) is 0 Å². The molecule has 2 fully saturated rings. The zero-order valence-electron chi connectivity index (χ0n) is 18.6. The highest BCUT2D eigenvalue weighted by atomic mass is 79.9. The Hall–Kier alpha value is -1.65. The Morgan fingerprint density at radius 1 is 0.967 bits per heavy atom. The summed E-state index contributed by atoms with van der Waals surface area (Å²) in [6.07, 6.45) is 4.48. The van der Waals surface area contributed by atoms with E-state index in [0.29, 0.717) is 17.6 Å². The van der Waals surface area contributed by atoms with Crippen LogP contribution in [0.1, 0.15) is 67.9 Å². The highest BCUT2D eigenvalue weighted by molar-refractivity contribution is 5.89. The number of piperidine rings is 1. The lowest BCUT2D eigenvalue weighted by Gasteiger charge is -2.47. The van der Waals surface area contributed by atoms with Crippen molar-refractivity contribution in [1.29, 1.82) is 0 Å². The molecule has 4 atom stereocenters. The molecule has 2 aromatic rings. The second-order valence-corrected chi connectivity index (χ2v) is 10.2. The van der Waals surface area contributed by atoms with Crippen LogP contribution in [0.5, 0.6) is 0 Å². The lowest BCUT2D eigenvalue weighted by atomic mass is 9.86. The maximum atomic E-state index is 12.5. The van der Waals surface area contributed by atoms with Gasteiger partial charge in [-0.1, -0.05) is 63.2 Å². The number of fused-ring (bicyclic) bond motifs is 2. The van der Waals surface area contributed by atoms with E-state index in [1.165, 1.54) is 24.0 Å². The molecule has 2 heterocycles. The minimum absolute atomic E-state index is 0. The Labute approximate surface area is 191 Å². The predicted molar refractivity (Wildman–Crippen MR) is 117 cm³/mol. The predicted octanol–water partition coefficient (Wildman–Crippen LogP) is 2.49. The van der Waals surface area contributed by atoms with Crippen molar-refractivity contribution in [2.45, 2.75) is 76.6 Å². The Balaban J connectivity index is 0.00000256. The number of hydrogen-bond acceptors (Lipinski definition) is 2. The zero-order chi connectivity index (χ0) is 20.6. The number of carbonyl (C=O) groups is 1. The highest BCUT2D eigenvalue weighted by Gasteiger charge is 2.52. The van der Waals surface area contributed by atoms with Gasteiger partial charge in [0, 0.05) is 31.2 Å². The fourth-order valence-electron chi connectivity index (χ4n) is 5.34. The van der Waals surface area contributed by atoms with E-state index in [4.69, 9.17) is 4.74 Å². The van der Waals surface area contributed by atoms with E-state index in [1.54, 1.807) is 0 Å². The third-order valence-electron chi connectivity index (χ3n) is 7.20. The quantitative estimate of drug-likeness (QED) is 0.505. The summed E-state index contributed by atoms with van der Waals surface area (Å²) in [5.74, 6) is -0.177. The van der Waals surface area contributed by atoms with E-state index < -0.39 is 0 Å². The molecule has 2 bridgehead atoms. The van der Waals surface area contributed by atoms with Crippen LogP contribution in [-0.2, 0) is 16.7 Å². The molecule has 0 radical (unpaired) electrons. The molecule has 30 heavy (non-hydrogen) atoms. The Bertz CT molecular complexity index is 843. The highest BCUT2D eigenvalue weighted by Crippen LogP contribution is 2.43. The first-order chi connectivity index (χ1) is 13.8. The van der Waals surface area contributed by atoms with Gasteiger partial charge in [0.25, 0.3) is 0 Å². The van der Waals surface area contributed by atoms with Gasteiger partial charge in [-0.15, -0.1) is 0 Å². The van der Waals surface area contributed by atoms with Gasteiger partial charge in [-0.3, -0.25) is 0 Å². The summed E-state index contributed by atoms with van der Waals surface area (Å²) >= 11 is 0. The number of rotatable bonds is 4. The van der Waals surface area contributed by atoms with Gasteiger partial charge < -0.3 is 26.2 Å². The van der Waals surface area contributed by atoms with E-state index >= 15 is 0 Å². The molecule has 2 aliphatic heterocycles. The molecule has 4 rings (SSSR count). The van der Waals surface area contributed by atoms with E-state index in [9.17, 15) is 4.79 Å². The number of esters is 1. The number of carbonyl (C=O) groups excluding carboxylic acids is 1. The van der Waals surface area contributed by atoms with Crippen LogP contribution in [0.25, 0.3) is 0 Å². The Morgan fingerprint density at radius 2 is 1.53 bits per heavy atom. The lowest BCUT2D eigenvalue weighted by molar-refractivity contribution is -0.961. The van der Waals surface area contributed by atoms with Crippen LogP contribution in [0.4, 0.5) is 0 Å². The topological polar surface area (TPSA) is 26.3 Å². The molecule has 2 aromatic carbocycles. The van der Waals surface area contributed by atoms with Gasteiger partial charge in [0.05, 0.1) is 24.7 Å². The normalized spacial score (nSPS) is 27.9. The molecule has 0 amide bonds. The SMILES string of the molecule is CC(C)(C)c1ccc(C[N+]2(C)[C@@H]3CC[C@H]2CC(OC(=O)c2ccccc2)C3)cc1.[Br-].